The topological polar surface area (TPSA) is 91.5 Å². The minimum absolute atomic E-state index is 0.179. The van der Waals surface area contributed by atoms with Gasteiger partial charge in [-0.25, -0.2) is 9.88 Å². The summed E-state index contributed by atoms with van der Waals surface area (Å²) in [5, 5.41) is 18.2. The van der Waals surface area contributed by atoms with E-state index in [2.05, 4.69) is 32.7 Å². The van der Waals surface area contributed by atoms with Crippen LogP contribution < -0.4 is 24.2 Å². The number of carbonyl (C=O) groups excluding carboxylic acids is 1. The molecular weight excluding hydrogens is 543 g/mol. The number of aromatic nitrogens is 3. The molecule has 0 aliphatic carbocycles. The van der Waals surface area contributed by atoms with Crippen molar-refractivity contribution in [3.05, 3.63) is 45.5 Å². The minimum atomic E-state index is -0.697. The van der Waals surface area contributed by atoms with Gasteiger partial charge in [0.1, 0.15) is 0 Å². The highest BCUT2D eigenvalue weighted by atomic mass is 127. The summed E-state index contributed by atoms with van der Waals surface area (Å²) in [6.07, 6.45) is -0.697. The summed E-state index contributed by atoms with van der Waals surface area (Å²) < 4.78 is 13.4. The minimum Gasteiger partial charge on any atom is -0.854 e. The Morgan fingerprint density at radius 3 is 2.69 bits per heavy atom. The van der Waals surface area contributed by atoms with Crippen molar-refractivity contribution in [1.82, 2.24) is 10.1 Å². The summed E-state index contributed by atoms with van der Waals surface area (Å²) in [4.78, 5) is 18.8. The monoisotopic (exact) mass is 564 g/mol. The van der Waals surface area contributed by atoms with Gasteiger partial charge in [-0.1, -0.05) is 35.5 Å². The number of benzene rings is 2. The molecule has 1 amide bonds. The van der Waals surface area contributed by atoms with E-state index in [9.17, 15) is 9.90 Å². The van der Waals surface area contributed by atoms with Crippen LogP contribution >= 0.6 is 34.4 Å². The summed E-state index contributed by atoms with van der Waals surface area (Å²) in [5.41, 5.74) is 2.32. The number of ether oxygens (including phenoxy) is 2. The van der Waals surface area contributed by atoms with Gasteiger partial charge in [0.25, 0.3) is 17.0 Å². The predicted molar refractivity (Wildman–Crippen MR) is 127 cm³/mol. The molecule has 0 radical (unpaired) electrons. The van der Waals surface area contributed by atoms with Crippen molar-refractivity contribution in [2.24, 2.45) is 0 Å². The van der Waals surface area contributed by atoms with E-state index < -0.39 is 6.17 Å². The summed E-state index contributed by atoms with van der Waals surface area (Å²) in [6, 6.07) is 11.0. The molecule has 2 aromatic carbocycles. The molecule has 1 aliphatic rings. The van der Waals surface area contributed by atoms with Crippen molar-refractivity contribution in [2.75, 3.05) is 24.9 Å². The SMILES string of the molecule is CCSc1nc([O-])c2[n+](n1)C(c1cc(I)c(OC)c(OC)c1)N(C(C)=O)c1ccccc1-2. The maximum Gasteiger partial charge on any atom is 0.293 e. The number of carbonyl (C=O) groups is 1. The van der Waals surface area contributed by atoms with Crippen LogP contribution in [0.2, 0.25) is 0 Å². The molecule has 3 aromatic rings. The Morgan fingerprint density at radius 1 is 1.28 bits per heavy atom. The number of rotatable bonds is 5. The molecule has 0 saturated heterocycles. The number of methoxy groups -OCH3 is 2. The quantitative estimate of drug-likeness (QED) is 0.267. The number of anilines is 1. The molecule has 8 nitrogen and oxygen atoms in total. The highest BCUT2D eigenvalue weighted by Gasteiger charge is 2.44. The molecule has 0 fully saturated rings. The molecular formula is C22H21IN4O4S. The van der Waals surface area contributed by atoms with E-state index in [1.807, 2.05) is 43.3 Å². The number of fused-ring (bicyclic) bond motifs is 3. The number of para-hydroxylation sites is 1. The Hall–Kier alpha value is -2.60. The van der Waals surface area contributed by atoms with E-state index in [1.54, 1.807) is 23.8 Å². The van der Waals surface area contributed by atoms with Crippen LogP contribution in [0.4, 0.5) is 5.69 Å². The third-order valence-electron chi connectivity index (χ3n) is 5.08. The fourth-order valence-corrected chi connectivity index (χ4v) is 5.25. The second-order valence-corrected chi connectivity index (χ2v) is 9.34. The molecule has 1 aliphatic heterocycles. The summed E-state index contributed by atoms with van der Waals surface area (Å²) in [6.45, 7) is 3.47. The summed E-state index contributed by atoms with van der Waals surface area (Å²) >= 11 is 3.54. The van der Waals surface area contributed by atoms with Gasteiger partial charge in [0.15, 0.2) is 11.5 Å². The molecule has 0 bridgehead atoms. The summed E-state index contributed by atoms with van der Waals surface area (Å²) in [7, 11) is 3.14. The first kappa shape index (κ1) is 22.6. The van der Waals surface area contributed by atoms with E-state index in [0.29, 0.717) is 39.4 Å². The van der Waals surface area contributed by atoms with Crippen LogP contribution in [-0.4, -0.2) is 36.0 Å². The van der Waals surface area contributed by atoms with Gasteiger partial charge in [-0.3, -0.25) is 4.79 Å². The van der Waals surface area contributed by atoms with E-state index in [1.165, 1.54) is 18.7 Å². The Balaban J connectivity index is 2.06. The third-order valence-corrected chi connectivity index (χ3v) is 6.60. The van der Waals surface area contributed by atoms with Crippen LogP contribution in [-0.2, 0) is 4.79 Å². The molecule has 10 heteroatoms. The average Bonchev–Trinajstić information content (AvgIpc) is 2.77. The number of thioether (sulfide) groups is 1. The Morgan fingerprint density at radius 2 is 2.03 bits per heavy atom. The standard InChI is InChI=1S/C22H21IN4O4S/c1-5-32-22-24-20(29)18-14-8-6-7-9-16(14)26(12(2)28)21(27(18)25-22)13-10-15(23)19(31-4)17(11-13)30-3/h6-11,21H,5H2,1-4H3. The maximum atomic E-state index is 13.1. The number of amides is 1. The van der Waals surface area contributed by atoms with Gasteiger partial charge in [-0.05, 0) is 52.6 Å². The number of hydrogen-bond donors (Lipinski definition) is 0. The van der Waals surface area contributed by atoms with Gasteiger partial charge < -0.3 is 14.6 Å². The zero-order valence-corrected chi connectivity index (χ0v) is 20.9. The Bertz CT molecular complexity index is 1210. The molecule has 0 spiro atoms. The molecule has 1 atom stereocenters. The molecule has 166 valence electrons. The van der Waals surface area contributed by atoms with E-state index >= 15 is 0 Å². The van der Waals surface area contributed by atoms with Gasteiger partial charge in [-0.2, -0.15) is 0 Å². The Labute approximate surface area is 203 Å². The normalized spacial score (nSPS) is 14.5. The van der Waals surface area contributed by atoms with Gasteiger partial charge >= 0.3 is 0 Å². The first-order chi connectivity index (χ1) is 15.4. The van der Waals surface area contributed by atoms with Crippen molar-refractivity contribution in [3.8, 4) is 28.6 Å². The van der Waals surface area contributed by atoms with Crippen molar-refractivity contribution in [3.63, 3.8) is 0 Å². The molecule has 2 heterocycles. The highest BCUT2D eigenvalue weighted by molar-refractivity contribution is 14.1. The second-order valence-electron chi connectivity index (χ2n) is 6.94. The molecule has 0 saturated carbocycles. The number of halogens is 1. The fraction of sp³-hybridized carbons (Fsp3) is 0.273. The largest absolute Gasteiger partial charge is 0.854 e. The molecule has 1 aromatic heterocycles. The molecule has 32 heavy (non-hydrogen) atoms. The predicted octanol–water partition coefficient (Wildman–Crippen LogP) is 3.15. The van der Waals surface area contributed by atoms with E-state index in [0.717, 1.165) is 9.13 Å². The molecule has 4 rings (SSSR count). The highest BCUT2D eigenvalue weighted by Crippen LogP contribution is 2.43. The van der Waals surface area contributed by atoms with Crippen molar-refractivity contribution in [2.45, 2.75) is 25.2 Å². The van der Waals surface area contributed by atoms with Crippen molar-refractivity contribution >= 4 is 45.9 Å². The van der Waals surface area contributed by atoms with Crippen molar-refractivity contribution < 1.29 is 24.1 Å². The van der Waals surface area contributed by atoms with Crippen LogP contribution in [0.25, 0.3) is 11.3 Å². The van der Waals surface area contributed by atoms with Crippen LogP contribution in [0.1, 0.15) is 25.6 Å². The zero-order chi connectivity index (χ0) is 23.0. The first-order valence-corrected chi connectivity index (χ1v) is 11.9. The molecule has 0 N–H and O–H groups in total. The third kappa shape index (κ3) is 3.75. The van der Waals surface area contributed by atoms with Crippen molar-refractivity contribution in [1.29, 1.82) is 0 Å². The smallest absolute Gasteiger partial charge is 0.293 e. The lowest BCUT2D eigenvalue weighted by Crippen LogP contribution is -2.58. The molecule has 1 unspecified atom stereocenters. The summed E-state index contributed by atoms with van der Waals surface area (Å²) in [5.74, 6) is 1.28. The van der Waals surface area contributed by atoms with E-state index in [4.69, 9.17) is 9.47 Å². The van der Waals surface area contributed by atoms with Crippen LogP contribution in [0.3, 0.4) is 0 Å². The lowest BCUT2D eigenvalue weighted by atomic mass is 10.0. The van der Waals surface area contributed by atoms with Crippen LogP contribution in [0.5, 0.6) is 17.4 Å². The lowest BCUT2D eigenvalue weighted by Gasteiger charge is -2.33. The van der Waals surface area contributed by atoms with Gasteiger partial charge in [0.05, 0.1) is 40.5 Å². The lowest BCUT2D eigenvalue weighted by molar-refractivity contribution is -0.764. The van der Waals surface area contributed by atoms with Gasteiger partial charge in [0, 0.05) is 12.0 Å². The van der Waals surface area contributed by atoms with Crippen LogP contribution in [0, 0.1) is 3.57 Å². The van der Waals surface area contributed by atoms with Crippen LogP contribution in [0.15, 0.2) is 41.6 Å². The first-order valence-electron chi connectivity index (χ1n) is 9.85. The second kappa shape index (κ2) is 9.10. The van der Waals surface area contributed by atoms with Gasteiger partial charge in [-0.15, -0.1) is 0 Å². The number of nitrogens with zero attached hydrogens (tertiary/aromatic N) is 4. The number of hydrogen-bond acceptors (Lipinski definition) is 7. The maximum absolute atomic E-state index is 13.1. The fourth-order valence-electron chi connectivity index (χ4n) is 3.85. The van der Waals surface area contributed by atoms with E-state index in [-0.39, 0.29) is 11.8 Å². The van der Waals surface area contributed by atoms with Gasteiger partial charge in [0.2, 0.25) is 5.91 Å². The zero-order valence-electron chi connectivity index (χ0n) is 18.0. The average molecular weight is 564 g/mol. The Kier molecular flexibility index (Phi) is 6.42.